The summed E-state index contributed by atoms with van der Waals surface area (Å²) in [6, 6.07) is 11.8. The van der Waals surface area contributed by atoms with Crippen molar-refractivity contribution >= 4 is 23.0 Å². The van der Waals surface area contributed by atoms with Crippen LogP contribution in [0.2, 0.25) is 0 Å². The minimum Gasteiger partial charge on any atom is -0.493 e. The molecule has 0 bridgehead atoms. The Hall–Kier alpha value is -3.26. The lowest BCUT2D eigenvalue weighted by atomic mass is 10.0. The van der Waals surface area contributed by atoms with Gasteiger partial charge >= 0.3 is 5.97 Å². The molecule has 1 heterocycles. The number of aromatic nitrogens is 1. The zero-order chi connectivity index (χ0) is 20.3. The third-order valence-electron chi connectivity index (χ3n) is 4.10. The number of carbonyl (C=O) groups is 1. The molecule has 0 amide bonds. The average molecular weight is 398 g/mol. The van der Waals surface area contributed by atoms with E-state index >= 15 is 0 Å². The van der Waals surface area contributed by atoms with E-state index in [1.54, 1.807) is 5.38 Å². The maximum Gasteiger partial charge on any atom is 0.363 e. The van der Waals surface area contributed by atoms with E-state index in [4.69, 9.17) is 9.47 Å². The van der Waals surface area contributed by atoms with E-state index in [1.807, 2.05) is 24.3 Å². The summed E-state index contributed by atoms with van der Waals surface area (Å²) < 4.78 is 10.4. The first-order valence-electron chi connectivity index (χ1n) is 8.49. The summed E-state index contributed by atoms with van der Waals surface area (Å²) in [4.78, 5) is 27.2. The maximum atomic E-state index is 12.4. The minimum absolute atomic E-state index is 0.0301. The number of non-ortho nitro benzene ring substituents is 1. The van der Waals surface area contributed by atoms with Gasteiger partial charge in [-0.2, -0.15) is 0 Å². The van der Waals surface area contributed by atoms with E-state index in [1.165, 1.54) is 36.1 Å². The standard InChI is InChI=1S/C20H18N2O5S/c1-12(2)13-4-6-14(7-5-13)19-21-16(11-28-19)20(23)27-18-10-15(22(24)25)8-9-17(18)26-3/h4-12H,1-3H3. The number of esters is 1. The van der Waals surface area contributed by atoms with Crippen molar-refractivity contribution in [2.45, 2.75) is 19.8 Å². The number of rotatable bonds is 6. The highest BCUT2D eigenvalue weighted by atomic mass is 32.1. The molecular weight excluding hydrogens is 380 g/mol. The molecule has 0 aliphatic heterocycles. The second-order valence-electron chi connectivity index (χ2n) is 6.30. The van der Waals surface area contributed by atoms with E-state index in [0.29, 0.717) is 10.9 Å². The molecule has 0 unspecified atom stereocenters. The Labute approximate surface area is 165 Å². The Bertz CT molecular complexity index is 1010. The van der Waals surface area contributed by atoms with Gasteiger partial charge in [-0.15, -0.1) is 11.3 Å². The Morgan fingerprint density at radius 3 is 2.46 bits per heavy atom. The Balaban J connectivity index is 1.81. The van der Waals surface area contributed by atoms with Crippen LogP contribution in [0, 0.1) is 10.1 Å². The number of nitro benzene ring substituents is 1. The highest BCUT2D eigenvalue weighted by molar-refractivity contribution is 7.13. The number of carbonyl (C=O) groups excluding carboxylic acids is 1. The van der Waals surface area contributed by atoms with Crippen LogP contribution in [0.15, 0.2) is 47.8 Å². The van der Waals surface area contributed by atoms with Gasteiger partial charge in [-0.1, -0.05) is 38.1 Å². The van der Waals surface area contributed by atoms with Crippen molar-refractivity contribution in [3.8, 4) is 22.1 Å². The molecule has 0 saturated heterocycles. The van der Waals surface area contributed by atoms with Gasteiger partial charge in [-0.3, -0.25) is 10.1 Å². The van der Waals surface area contributed by atoms with E-state index in [0.717, 1.165) is 11.6 Å². The van der Waals surface area contributed by atoms with Crippen LogP contribution in [0.5, 0.6) is 11.5 Å². The van der Waals surface area contributed by atoms with Crippen LogP contribution in [0.25, 0.3) is 10.6 Å². The lowest BCUT2D eigenvalue weighted by Gasteiger charge is -2.07. The molecule has 7 nitrogen and oxygen atoms in total. The van der Waals surface area contributed by atoms with Gasteiger partial charge < -0.3 is 9.47 Å². The summed E-state index contributed by atoms with van der Waals surface area (Å²) in [5, 5.41) is 13.2. The van der Waals surface area contributed by atoms with Crippen molar-refractivity contribution in [2.75, 3.05) is 7.11 Å². The van der Waals surface area contributed by atoms with Crippen LogP contribution >= 0.6 is 11.3 Å². The predicted molar refractivity (Wildman–Crippen MR) is 106 cm³/mol. The molecule has 2 aromatic carbocycles. The third kappa shape index (κ3) is 4.17. The maximum absolute atomic E-state index is 12.4. The Morgan fingerprint density at radius 2 is 1.86 bits per heavy atom. The van der Waals surface area contributed by atoms with Crippen molar-refractivity contribution in [3.63, 3.8) is 0 Å². The number of nitrogens with zero attached hydrogens (tertiary/aromatic N) is 2. The highest BCUT2D eigenvalue weighted by Crippen LogP contribution is 2.32. The molecular formula is C20H18N2O5S. The number of methoxy groups -OCH3 is 1. The predicted octanol–water partition coefficient (Wildman–Crippen LogP) is 5.07. The Morgan fingerprint density at radius 1 is 1.14 bits per heavy atom. The second-order valence-corrected chi connectivity index (χ2v) is 7.15. The summed E-state index contributed by atoms with van der Waals surface area (Å²) in [5.41, 5.74) is 2.05. The normalized spacial score (nSPS) is 10.7. The quantitative estimate of drug-likeness (QED) is 0.249. The molecule has 3 aromatic rings. The van der Waals surface area contributed by atoms with Crippen LogP contribution in [0.1, 0.15) is 35.8 Å². The molecule has 8 heteroatoms. The fourth-order valence-electron chi connectivity index (χ4n) is 2.52. The van der Waals surface area contributed by atoms with Crippen molar-refractivity contribution in [3.05, 3.63) is 69.2 Å². The lowest BCUT2D eigenvalue weighted by molar-refractivity contribution is -0.384. The molecule has 0 radical (unpaired) electrons. The summed E-state index contributed by atoms with van der Waals surface area (Å²) in [6.07, 6.45) is 0. The van der Waals surface area contributed by atoms with Gasteiger partial charge in [-0.05, 0) is 17.5 Å². The minimum atomic E-state index is -0.708. The number of nitro groups is 1. The number of ether oxygens (including phenoxy) is 2. The molecule has 28 heavy (non-hydrogen) atoms. The van der Waals surface area contributed by atoms with E-state index in [2.05, 4.69) is 18.8 Å². The fraction of sp³-hybridized carbons (Fsp3) is 0.200. The average Bonchev–Trinajstić information content (AvgIpc) is 3.18. The largest absolute Gasteiger partial charge is 0.493 e. The Kier molecular flexibility index (Phi) is 5.70. The second kappa shape index (κ2) is 8.18. The number of hydrogen-bond acceptors (Lipinski definition) is 7. The van der Waals surface area contributed by atoms with Gasteiger partial charge in [-0.25, -0.2) is 9.78 Å². The topological polar surface area (TPSA) is 91.6 Å². The summed E-state index contributed by atoms with van der Waals surface area (Å²) in [7, 11) is 1.39. The molecule has 0 saturated carbocycles. The first kappa shape index (κ1) is 19.5. The number of hydrogen-bond donors (Lipinski definition) is 0. The van der Waals surface area contributed by atoms with Crippen LogP contribution in [-0.4, -0.2) is 23.0 Å². The fourth-order valence-corrected chi connectivity index (χ4v) is 3.32. The highest BCUT2D eigenvalue weighted by Gasteiger charge is 2.19. The van der Waals surface area contributed by atoms with Crippen LogP contribution in [0.4, 0.5) is 5.69 Å². The molecule has 0 spiro atoms. The third-order valence-corrected chi connectivity index (χ3v) is 4.99. The van der Waals surface area contributed by atoms with Gasteiger partial charge in [0.15, 0.2) is 17.2 Å². The van der Waals surface area contributed by atoms with Crippen LogP contribution in [-0.2, 0) is 0 Å². The van der Waals surface area contributed by atoms with E-state index in [-0.39, 0.29) is 22.9 Å². The van der Waals surface area contributed by atoms with Gasteiger partial charge in [0.05, 0.1) is 18.1 Å². The summed E-state index contributed by atoms with van der Waals surface area (Å²) in [5.74, 6) is -0.0860. The van der Waals surface area contributed by atoms with Crippen molar-refractivity contribution in [1.29, 1.82) is 0 Å². The van der Waals surface area contributed by atoms with Crippen LogP contribution < -0.4 is 9.47 Å². The smallest absolute Gasteiger partial charge is 0.363 e. The molecule has 0 aliphatic carbocycles. The van der Waals surface area contributed by atoms with E-state index in [9.17, 15) is 14.9 Å². The molecule has 0 fully saturated rings. The molecule has 0 aliphatic rings. The van der Waals surface area contributed by atoms with Crippen LogP contribution in [0.3, 0.4) is 0 Å². The van der Waals surface area contributed by atoms with Gasteiger partial charge in [0.1, 0.15) is 5.01 Å². The SMILES string of the molecule is COc1ccc([N+](=O)[O-])cc1OC(=O)c1csc(-c2ccc(C(C)C)cc2)n1. The summed E-state index contributed by atoms with van der Waals surface area (Å²) in [6.45, 7) is 4.24. The van der Waals surface area contributed by atoms with Crippen molar-refractivity contribution in [2.24, 2.45) is 0 Å². The first-order chi connectivity index (χ1) is 13.4. The first-order valence-corrected chi connectivity index (χ1v) is 9.37. The van der Waals surface area contributed by atoms with Crippen molar-refractivity contribution < 1.29 is 19.2 Å². The molecule has 1 aromatic heterocycles. The lowest BCUT2D eigenvalue weighted by Crippen LogP contribution is -2.10. The van der Waals surface area contributed by atoms with Crippen molar-refractivity contribution in [1.82, 2.24) is 4.98 Å². The number of thiazole rings is 1. The monoisotopic (exact) mass is 398 g/mol. The summed E-state index contributed by atoms with van der Waals surface area (Å²) >= 11 is 1.32. The molecule has 0 N–H and O–H groups in total. The zero-order valence-corrected chi connectivity index (χ0v) is 16.4. The van der Waals surface area contributed by atoms with E-state index < -0.39 is 10.9 Å². The van der Waals surface area contributed by atoms with Gasteiger partial charge in [0.25, 0.3) is 5.69 Å². The van der Waals surface area contributed by atoms with Gasteiger partial charge in [0, 0.05) is 17.0 Å². The zero-order valence-electron chi connectivity index (χ0n) is 15.5. The molecule has 144 valence electrons. The molecule has 0 atom stereocenters. The number of benzene rings is 2. The van der Waals surface area contributed by atoms with Gasteiger partial charge in [0.2, 0.25) is 0 Å². The molecule has 3 rings (SSSR count).